The van der Waals surface area contributed by atoms with Gasteiger partial charge in [0.05, 0.1) is 18.8 Å². The highest BCUT2D eigenvalue weighted by atomic mass is 16.5. The molecule has 0 bridgehead atoms. The molecule has 3 N–H and O–H groups in total. The van der Waals surface area contributed by atoms with Crippen molar-refractivity contribution in [2.45, 2.75) is 44.8 Å². The lowest BCUT2D eigenvalue weighted by Gasteiger charge is -2.39. The maximum atomic E-state index is 12.5. The number of hydrogen-bond acceptors (Lipinski definition) is 4. The smallest absolute Gasteiger partial charge is 0.225 e. The lowest BCUT2D eigenvalue weighted by Crippen LogP contribution is -2.52. The van der Waals surface area contributed by atoms with Crippen LogP contribution < -0.4 is 5.73 Å². The van der Waals surface area contributed by atoms with Crippen LogP contribution in [0, 0.1) is 11.8 Å². The minimum atomic E-state index is -0.229. The van der Waals surface area contributed by atoms with E-state index in [0.29, 0.717) is 19.0 Å². The second-order valence-electron chi connectivity index (χ2n) is 5.95. The second-order valence-corrected chi connectivity index (χ2v) is 5.95. The van der Waals surface area contributed by atoms with Crippen LogP contribution in [0.25, 0.3) is 0 Å². The molecule has 1 heterocycles. The van der Waals surface area contributed by atoms with E-state index >= 15 is 0 Å². The van der Waals surface area contributed by atoms with E-state index in [0.717, 1.165) is 32.2 Å². The molecule has 2 aliphatic rings. The third kappa shape index (κ3) is 3.68. The number of morpholine rings is 1. The number of hydrogen-bond donors (Lipinski definition) is 2. The maximum Gasteiger partial charge on any atom is 0.225 e. The van der Waals surface area contributed by atoms with Crippen LogP contribution in [0.5, 0.6) is 0 Å². The predicted molar refractivity (Wildman–Crippen MR) is 72.5 cm³/mol. The summed E-state index contributed by atoms with van der Waals surface area (Å²) in [6.45, 7) is 3.84. The molecule has 1 aliphatic heterocycles. The van der Waals surface area contributed by atoms with E-state index in [1.165, 1.54) is 0 Å². The molecule has 2 fully saturated rings. The predicted octanol–water partition coefficient (Wildman–Crippen LogP) is 0.360. The average Bonchev–Trinajstić information content (AvgIpc) is 2.46. The van der Waals surface area contributed by atoms with Crippen LogP contribution in [0.2, 0.25) is 0 Å². The summed E-state index contributed by atoms with van der Waals surface area (Å²) in [5.41, 5.74) is 5.68. The van der Waals surface area contributed by atoms with Gasteiger partial charge in [0, 0.05) is 19.0 Å². The number of nitrogens with zero attached hydrogens (tertiary/aromatic N) is 1. The highest BCUT2D eigenvalue weighted by Crippen LogP contribution is 2.30. The van der Waals surface area contributed by atoms with Crippen molar-refractivity contribution in [2.75, 3.05) is 26.2 Å². The average molecular weight is 270 g/mol. The van der Waals surface area contributed by atoms with Crippen LogP contribution in [0.15, 0.2) is 0 Å². The second kappa shape index (κ2) is 6.68. The zero-order valence-electron chi connectivity index (χ0n) is 11.8. The van der Waals surface area contributed by atoms with E-state index in [-0.39, 0.29) is 30.6 Å². The first-order chi connectivity index (χ1) is 9.13. The molecule has 19 heavy (non-hydrogen) atoms. The fourth-order valence-corrected chi connectivity index (χ4v) is 3.23. The fraction of sp³-hybridized carbons (Fsp3) is 0.929. The number of nitrogens with two attached hydrogens (primary N) is 1. The summed E-state index contributed by atoms with van der Waals surface area (Å²) in [5.74, 6) is 0.981. The molecule has 1 amide bonds. The summed E-state index contributed by atoms with van der Waals surface area (Å²) in [6.07, 6.45) is 3.82. The Kier molecular flexibility index (Phi) is 5.19. The number of carbonyl (C=O) groups excluding carboxylic acids is 1. The molecule has 2 unspecified atom stereocenters. The van der Waals surface area contributed by atoms with Crippen molar-refractivity contribution in [1.29, 1.82) is 0 Å². The molecule has 1 aliphatic carbocycles. The summed E-state index contributed by atoms with van der Waals surface area (Å²) in [5, 5.41) is 9.21. The van der Waals surface area contributed by atoms with E-state index in [1.807, 2.05) is 11.8 Å². The highest BCUT2D eigenvalue weighted by molar-refractivity contribution is 5.79. The van der Waals surface area contributed by atoms with Gasteiger partial charge in [-0.25, -0.2) is 0 Å². The topological polar surface area (TPSA) is 75.8 Å². The summed E-state index contributed by atoms with van der Waals surface area (Å²) < 4.78 is 5.58. The summed E-state index contributed by atoms with van der Waals surface area (Å²) in [4.78, 5) is 14.4. The fourth-order valence-electron chi connectivity index (χ4n) is 3.23. The van der Waals surface area contributed by atoms with Crippen LogP contribution >= 0.6 is 0 Å². The maximum absolute atomic E-state index is 12.5. The van der Waals surface area contributed by atoms with Gasteiger partial charge in [-0.2, -0.15) is 0 Å². The summed E-state index contributed by atoms with van der Waals surface area (Å²) in [7, 11) is 0. The van der Waals surface area contributed by atoms with Crippen molar-refractivity contribution >= 4 is 5.91 Å². The van der Waals surface area contributed by atoms with Crippen LogP contribution in [-0.4, -0.2) is 54.4 Å². The lowest BCUT2D eigenvalue weighted by molar-refractivity contribution is -0.152. The molecule has 0 aromatic heterocycles. The van der Waals surface area contributed by atoms with Gasteiger partial charge in [0.1, 0.15) is 0 Å². The number of aliphatic hydroxyl groups is 1. The van der Waals surface area contributed by atoms with Gasteiger partial charge in [0.2, 0.25) is 5.91 Å². The first kappa shape index (κ1) is 14.8. The van der Waals surface area contributed by atoms with Gasteiger partial charge < -0.3 is 20.5 Å². The molecule has 5 heteroatoms. The van der Waals surface area contributed by atoms with Crippen LogP contribution in [0.4, 0.5) is 0 Å². The van der Waals surface area contributed by atoms with E-state index in [1.54, 1.807) is 0 Å². The van der Waals surface area contributed by atoms with Crippen molar-refractivity contribution in [3.05, 3.63) is 0 Å². The molecule has 2 rings (SSSR count). The van der Waals surface area contributed by atoms with Gasteiger partial charge in [-0.1, -0.05) is 0 Å². The number of amides is 1. The van der Waals surface area contributed by atoms with E-state index in [2.05, 4.69) is 0 Å². The molecular weight excluding hydrogens is 244 g/mol. The third-order valence-corrected chi connectivity index (χ3v) is 4.37. The van der Waals surface area contributed by atoms with E-state index < -0.39 is 0 Å². The summed E-state index contributed by atoms with van der Waals surface area (Å²) >= 11 is 0. The molecule has 0 radical (unpaired) electrons. The Morgan fingerprint density at radius 2 is 2.00 bits per heavy atom. The zero-order valence-corrected chi connectivity index (χ0v) is 11.8. The minimum Gasteiger partial charge on any atom is -0.394 e. The van der Waals surface area contributed by atoms with E-state index in [4.69, 9.17) is 10.5 Å². The Bertz CT molecular complexity index is 303. The quantitative estimate of drug-likeness (QED) is 0.776. The highest BCUT2D eigenvalue weighted by Gasteiger charge is 2.33. The van der Waals surface area contributed by atoms with Crippen molar-refractivity contribution in [3.8, 4) is 0 Å². The zero-order chi connectivity index (χ0) is 13.8. The third-order valence-electron chi connectivity index (χ3n) is 4.37. The molecule has 1 saturated heterocycles. The SMILES string of the molecule is CC1CN(C(=O)C2CCC(CN)CC2)CC(CO)O1. The van der Waals surface area contributed by atoms with Crippen molar-refractivity contribution in [3.63, 3.8) is 0 Å². The molecule has 0 aromatic rings. The van der Waals surface area contributed by atoms with Gasteiger partial charge in [0.15, 0.2) is 0 Å². The number of ether oxygens (including phenoxy) is 1. The molecule has 110 valence electrons. The Balaban J connectivity index is 1.88. The molecular formula is C14H26N2O3. The molecule has 1 saturated carbocycles. The number of aliphatic hydroxyl groups excluding tert-OH is 1. The van der Waals surface area contributed by atoms with Gasteiger partial charge in [-0.15, -0.1) is 0 Å². The minimum absolute atomic E-state index is 0.00947. The molecule has 0 aromatic carbocycles. The molecule has 5 nitrogen and oxygen atoms in total. The Hall–Kier alpha value is -0.650. The first-order valence-corrected chi connectivity index (χ1v) is 7.39. The van der Waals surface area contributed by atoms with Gasteiger partial charge in [-0.05, 0) is 45.1 Å². The van der Waals surface area contributed by atoms with Gasteiger partial charge in [-0.3, -0.25) is 4.79 Å². The van der Waals surface area contributed by atoms with E-state index in [9.17, 15) is 9.90 Å². The van der Waals surface area contributed by atoms with Crippen LogP contribution in [-0.2, 0) is 9.53 Å². The Morgan fingerprint density at radius 1 is 1.32 bits per heavy atom. The van der Waals surface area contributed by atoms with Crippen LogP contribution in [0.1, 0.15) is 32.6 Å². The van der Waals surface area contributed by atoms with Crippen molar-refractivity contribution in [1.82, 2.24) is 4.90 Å². The molecule has 0 spiro atoms. The largest absolute Gasteiger partial charge is 0.394 e. The standard InChI is InChI=1S/C14H26N2O3/c1-10-7-16(8-13(9-17)19-10)14(18)12-4-2-11(6-15)3-5-12/h10-13,17H,2-9,15H2,1H3. The monoisotopic (exact) mass is 270 g/mol. The molecule has 2 atom stereocenters. The lowest BCUT2D eigenvalue weighted by atomic mass is 9.81. The normalized spacial score (nSPS) is 36.3. The van der Waals surface area contributed by atoms with Crippen LogP contribution in [0.3, 0.4) is 0 Å². The van der Waals surface area contributed by atoms with Crippen molar-refractivity contribution in [2.24, 2.45) is 17.6 Å². The number of carbonyl (C=O) groups is 1. The Labute approximate surface area is 115 Å². The van der Waals surface area contributed by atoms with Crippen molar-refractivity contribution < 1.29 is 14.6 Å². The summed E-state index contributed by atoms with van der Waals surface area (Å²) in [6, 6.07) is 0. The van der Waals surface area contributed by atoms with Gasteiger partial charge >= 0.3 is 0 Å². The number of rotatable bonds is 3. The van der Waals surface area contributed by atoms with Gasteiger partial charge in [0.25, 0.3) is 0 Å². The Morgan fingerprint density at radius 3 is 2.58 bits per heavy atom. The first-order valence-electron chi connectivity index (χ1n) is 7.39.